The molecule has 2 atom stereocenters. The molecule has 4 nitrogen and oxygen atoms in total. The number of imide groups is 1. The molecule has 2 unspecified atom stereocenters. The zero-order valence-electron chi connectivity index (χ0n) is 13.4. The Labute approximate surface area is 138 Å². The highest BCUT2D eigenvalue weighted by molar-refractivity contribution is 6.06. The van der Waals surface area contributed by atoms with Gasteiger partial charge in [0.15, 0.2) is 0 Å². The first-order chi connectivity index (χ1) is 11.4. The van der Waals surface area contributed by atoms with Gasteiger partial charge in [0.1, 0.15) is 12.1 Å². The van der Waals surface area contributed by atoms with Gasteiger partial charge in [-0.25, -0.2) is 0 Å². The van der Waals surface area contributed by atoms with Crippen molar-refractivity contribution in [3.63, 3.8) is 0 Å². The van der Waals surface area contributed by atoms with Gasteiger partial charge in [0.25, 0.3) is 5.91 Å². The molecule has 1 aliphatic heterocycles. The van der Waals surface area contributed by atoms with E-state index in [9.17, 15) is 22.8 Å². The Hall–Kier alpha value is -1.89. The van der Waals surface area contributed by atoms with Gasteiger partial charge in [-0.05, 0) is 18.6 Å². The molecule has 24 heavy (non-hydrogen) atoms. The molecule has 1 saturated heterocycles. The third kappa shape index (κ3) is 4.14. The third-order valence-corrected chi connectivity index (χ3v) is 3.95. The molecule has 1 aromatic carbocycles. The number of ether oxygens (including phenoxy) is 1. The minimum Gasteiger partial charge on any atom is -0.358 e. The van der Waals surface area contributed by atoms with E-state index >= 15 is 0 Å². The summed E-state index contributed by atoms with van der Waals surface area (Å²) < 4.78 is 44.6. The summed E-state index contributed by atoms with van der Waals surface area (Å²) in [5.74, 6) is -4.19. The lowest BCUT2D eigenvalue weighted by Gasteiger charge is -2.23. The molecular formula is C17H20F3NO3. The normalized spacial score (nSPS) is 21.3. The Morgan fingerprint density at radius 2 is 1.92 bits per heavy atom. The highest BCUT2D eigenvalue weighted by Crippen LogP contribution is 2.38. The molecule has 1 heterocycles. The molecule has 7 heteroatoms. The molecule has 0 radical (unpaired) electrons. The summed E-state index contributed by atoms with van der Waals surface area (Å²) in [4.78, 5) is 25.3. The Bertz CT molecular complexity index is 574. The lowest BCUT2D eigenvalue weighted by molar-refractivity contribution is -0.180. The standard InChI is InChI=1S/C17H20F3NO3/c1-2-3-7-10-24-14-11-13(17(18,19)20)16(23)21(14)15(22)12-8-5-4-6-9-12/h4-6,8-9,13-14H,2-3,7,10-11H2,1H3. The van der Waals surface area contributed by atoms with Crippen molar-refractivity contribution in [2.75, 3.05) is 6.61 Å². The minimum atomic E-state index is -4.69. The number of rotatable bonds is 6. The first-order valence-electron chi connectivity index (χ1n) is 7.97. The van der Waals surface area contributed by atoms with E-state index in [0.29, 0.717) is 11.3 Å². The summed E-state index contributed by atoms with van der Waals surface area (Å²) >= 11 is 0. The summed E-state index contributed by atoms with van der Waals surface area (Å²) in [6, 6.07) is 7.79. The van der Waals surface area contributed by atoms with Crippen molar-refractivity contribution in [2.45, 2.75) is 45.0 Å². The van der Waals surface area contributed by atoms with Gasteiger partial charge >= 0.3 is 6.18 Å². The van der Waals surface area contributed by atoms with Gasteiger partial charge in [-0.2, -0.15) is 13.2 Å². The van der Waals surface area contributed by atoms with Crippen LogP contribution in [0.1, 0.15) is 43.0 Å². The number of alkyl halides is 3. The van der Waals surface area contributed by atoms with E-state index < -0.39 is 36.6 Å². The van der Waals surface area contributed by atoms with Crippen LogP contribution in [0.15, 0.2) is 30.3 Å². The summed E-state index contributed by atoms with van der Waals surface area (Å²) in [7, 11) is 0. The van der Waals surface area contributed by atoms with Crippen molar-refractivity contribution in [1.82, 2.24) is 4.90 Å². The molecule has 132 valence electrons. The Morgan fingerprint density at radius 3 is 2.50 bits per heavy atom. The van der Waals surface area contributed by atoms with Crippen molar-refractivity contribution in [1.29, 1.82) is 0 Å². The SMILES string of the molecule is CCCCCOC1CC(C(F)(F)F)C(=O)N1C(=O)c1ccccc1. The van der Waals surface area contributed by atoms with Crippen LogP contribution in [0.5, 0.6) is 0 Å². The number of halogens is 3. The summed E-state index contributed by atoms with van der Waals surface area (Å²) in [6.07, 6.45) is -3.93. The second kappa shape index (κ2) is 7.79. The molecule has 0 N–H and O–H groups in total. The molecule has 0 bridgehead atoms. The van der Waals surface area contributed by atoms with Crippen LogP contribution in [-0.2, 0) is 9.53 Å². The molecule has 0 spiro atoms. The molecule has 2 amide bonds. The minimum absolute atomic E-state index is 0.163. The van der Waals surface area contributed by atoms with Crippen LogP contribution in [0.3, 0.4) is 0 Å². The first kappa shape index (κ1) is 18.4. The maximum atomic E-state index is 13.1. The van der Waals surface area contributed by atoms with Gasteiger partial charge in [0, 0.05) is 18.6 Å². The smallest absolute Gasteiger partial charge is 0.358 e. The number of benzene rings is 1. The number of nitrogens with zero attached hydrogens (tertiary/aromatic N) is 1. The van der Waals surface area contributed by atoms with Crippen molar-refractivity contribution >= 4 is 11.8 Å². The monoisotopic (exact) mass is 343 g/mol. The molecule has 0 saturated carbocycles. The zero-order valence-corrected chi connectivity index (χ0v) is 13.4. The maximum absolute atomic E-state index is 13.1. The number of unbranched alkanes of at least 4 members (excludes halogenated alkanes) is 2. The lowest BCUT2D eigenvalue weighted by atomic mass is 10.1. The first-order valence-corrected chi connectivity index (χ1v) is 7.97. The fourth-order valence-corrected chi connectivity index (χ4v) is 2.66. The molecule has 0 aliphatic carbocycles. The van der Waals surface area contributed by atoms with Gasteiger partial charge in [-0.15, -0.1) is 0 Å². The number of hydrogen-bond acceptors (Lipinski definition) is 3. The average Bonchev–Trinajstić information content (AvgIpc) is 2.88. The van der Waals surface area contributed by atoms with Crippen LogP contribution in [0, 0.1) is 5.92 Å². The van der Waals surface area contributed by atoms with Crippen LogP contribution >= 0.6 is 0 Å². The van der Waals surface area contributed by atoms with Gasteiger partial charge in [-0.1, -0.05) is 38.0 Å². The Kier molecular flexibility index (Phi) is 5.99. The Morgan fingerprint density at radius 1 is 1.25 bits per heavy atom. The lowest BCUT2D eigenvalue weighted by Crippen LogP contribution is -2.42. The quantitative estimate of drug-likeness (QED) is 0.583. The van der Waals surface area contributed by atoms with Crippen LogP contribution in [0.2, 0.25) is 0 Å². The van der Waals surface area contributed by atoms with E-state index in [4.69, 9.17) is 4.74 Å². The van der Waals surface area contributed by atoms with Gasteiger partial charge in [-0.3, -0.25) is 14.5 Å². The van der Waals surface area contributed by atoms with Crippen molar-refractivity contribution in [2.24, 2.45) is 5.92 Å². The highest BCUT2D eigenvalue weighted by Gasteiger charge is 2.55. The average molecular weight is 343 g/mol. The van der Waals surface area contributed by atoms with Crippen LogP contribution in [0.25, 0.3) is 0 Å². The zero-order chi connectivity index (χ0) is 17.7. The fraction of sp³-hybridized carbons (Fsp3) is 0.529. The third-order valence-electron chi connectivity index (χ3n) is 3.95. The number of carbonyl (C=O) groups is 2. The van der Waals surface area contributed by atoms with Crippen molar-refractivity contribution in [3.8, 4) is 0 Å². The molecule has 1 fully saturated rings. The van der Waals surface area contributed by atoms with Gasteiger partial charge < -0.3 is 4.74 Å². The number of hydrogen-bond donors (Lipinski definition) is 0. The molecule has 1 aliphatic rings. The van der Waals surface area contributed by atoms with Crippen molar-refractivity contribution in [3.05, 3.63) is 35.9 Å². The molecule has 1 aromatic rings. The van der Waals surface area contributed by atoms with Gasteiger partial charge in [0.05, 0.1) is 0 Å². The van der Waals surface area contributed by atoms with E-state index in [1.165, 1.54) is 12.1 Å². The fourth-order valence-electron chi connectivity index (χ4n) is 2.66. The van der Waals surface area contributed by atoms with E-state index in [0.717, 1.165) is 12.8 Å². The summed E-state index contributed by atoms with van der Waals surface area (Å²) in [6.45, 7) is 2.21. The predicted molar refractivity (Wildman–Crippen MR) is 81.0 cm³/mol. The maximum Gasteiger partial charge on any atom is 0.400 e. The van der Waals surface area contributed by atoms with E-state index in [1.54, 1.807) is 18.2 Å². The summed E-state index contributed by atoms with van der Waals surface area (Å²) in [5, 5.41) is 0. The molecule has 0 aromatic heterocycles. The highest BCUT2D eigenvalue weighted by atomic mass is 19.4. The second-order valence-corrected chi connectivity index (χ2v) is 5.74. The van der Waals surface area contributed by atoms with E-state index in [1.807, 2.05) is 6.92 Å². The number of likely N-dealkylation sites (tertiary alicyclic amines) is 1. The molecule has 2 rings (SSSR count). The summed E-state index contributed by atoms with van der Waals surface area (Å²) in [5.41, 5.74) is 0.163. The van der Waals surface area contributed by atoms with E-state index in [2.05, 4.69) is 0 Å². The molecular weight excluding hydrogens is 323 g/mol. The second-order valence-electron chi connectivity index (χ2n) is 5.74. The predicted octanol–water partition coefficient (Wildman–Crippen LogP) is 3.77. The van der Waals surface area contributed by atoms with Crippen LogP contribution in [-0.4, -0.2) is 35.7 Å². The largest absolute Gasteiger partial charge is 0.400 e. The van der Waals surface area contributed by atoms with E-state index in [-0.39, 0.29) is 12.2 Å². The van der Waals surface area contributed by atoms with Crippen LogP contribution < -0.4 is 0 Å². The number of carbonyl (C=O) groups excluding carboxylic acids is 2. The van der Waals surface area contributed by atoms with Crippen LogP contribution in [0.4, 0.5) is 13.2 Å². The number of amides is 2. The van der Waals surface area contributed by atoms with Gasteiger partial charge in [0.2, 0.25) is 5.91 Å². The topological polar surface area (TPSA) is 46.6 Å². The van der Waals surface area contributed by atoms with Crippen molar-refractivity contribution < 1.29 is 27.5 Å². The Balaban J connectivity index is 2.19.